The number of allylic oxidation sites excluding steroid dienone is 5. The zero-order valence-corrected chi connectivity index (χ0v) is 41.3. The summed E-state index contributed by atoms with van der Waals surface area (Å²) in [6, 6.07) is 60.9. The van der Waals surface area contributed by atoms with Crippen LogP contribution in [0.25, 0.3) is 48.7 Å². The van der Waals surface area contributed by atoms with E-state index in [0.717, 1.165) is 109 Å². The highest BCUT2D eigenvalue weighted by molar-refractivity contribution is 6.40. The summed E-state index contributed by atoms with van der Waals surface area (Å²) in [6.07, 6.45) is 6.50. The number of anilines is 3. The lowest BCUT2D eigenvalue weighted by Gasteiger charge is -2.35. The van der Waals surface area contributed by atoms with E-state index in [1.807, 2.05) is 108 Å². The molecule has 0 unspecified atom stereocenters. The van der Waals surface area contributed by atoms with Crippen LogP contribution in [-0.2, 0) is 9.53 Å². The average Bonchev–Trinajstić information content (AvgIpc) is 3.42. The summed E-state index contributed by atoms with van der Waals surface area (Å²) in [5.41, 5.74) is 4.92. The number of hydrogen-bond acceptors (Lipinski definition) is 6. The molecule has 9 aromatic carbocycles. The highest BCUT2D eigenvalue weighted by atomic mass is 16.5. The first-order valence-electron chi connectivity index (χ1n) is 25.2. The van der Waals surface area contributed by atoms with E-state index in [1.54, 1.807) is 0 Å². The van der Waals surface area contributed by atoms with Crippen molar-refractivity contribution in [2.75, 3.05) is 37.7 Å². The minimum absolute atomic E-state index is 0.0529. The Kier molecular flexibility index (Phi) is 12.4. The third-order valence-corrected chi connectivity index (χ3v) is 15.0. The number of phenolic OH excluding ortho intramolecular Hbond substituents is 2. The van der Waals surface area contributed by atoms with Crippen molar-refractivity contribution in [3.05, 3.63) is 228 Å². The molecule has 0 amide bonds. The summed E-state index contributed by atoms with van der Waals surface area (Å²) in [5.74, 6) is -1.12. The molecule has 3 N–H and O–H groups in total. The van der Waals surface area contributed by atoms with Crippen molar-refractivity contribution in [3.8, 4) is 11.5 Å². The molecule has 0 bridgehead atoms. The molecule has 2 aliphatic carbocycles. The van der Waals surface area contributed by atoms with Gasteiger partial charge in [0.15, 0.2) is 0 Å². The molecule has 11 rings (SSSR count). The second kappa shape index (κ2) is 19.5. The van der Waals surface area contributed by atoms with Gasteiger partial charge in [-0.1, -0.05) is 109 Å². The minimum atomic E-state index is -0.520. The van der Waals surface area contributed by atoms with E-state index in [1.165, 1.54) is 12.1 Å². The highest BCUT2D eigenvalue weighted by Gasteiger charge is 2.41. The van der Waals surface area contributed by atoms with E-state index in [2.05, 4.69) is 110 Å². The fourth-order valence-electron chi connectivity index (χ4n) is 10.7. The van der Waals surface area contributed by atoms with Gasteiger partial charge >= 0.3 is 0 Å². The second-order valence-electron chi connectivity index (χ2n) is 19.0. The van der Waals surface area contributed by atoms with Crippen LogP contribution >= 0.6 is 0 Å². The number of aliphatic hydroxyl groups is 1. The molecular formula is C65H57N3O5+2. The molecule has 0 fully saturated rings. The van der Waals surface area contributed by atoms with Gasteiger partial charge in [0.1, 0.15) is 23.0 Å². The third-order valence-electron chi connectivity index (χ3n) is 15.0. The molecule has 0 heterocycles. The van der Waals surface area contributed by atoms with Crippen molar-refractivity contribution in [1.29, 1.82) is 0 Å². The van der Waals surface area contributed by atoms with Gasteiger partial charge in [0.2, 0.25) is 22.9 Å². The maximum absolute atomic E-state index is 14.7. The number of fused-ring (bicyclic) bond motifs is 4. The molecule has 8 nitrogen and oxygen atoms in total. The second-order valence-corrected chi connectivity index (χ2v) is 19.0. The fraction of sp³-hybridized carbons (Fsp3) is 0.138. The van der Waals surface area contributed by atoms with Crippen LogP contribution in [0.4, 0.5) is 28.4 Å². The van der Waals surface area contributed by atoms with Crippen molar-refractivity contribution >= 4 is 88.6 Å². The number of ketones is 1. The van der Waals surface area contributed by atoms with Crippen LogP contribution in [0.1, 0.15) is 32.8 Å². The Morgan fingerprint density at radius 3 is 1.42 bits per heavy atom. The molecular weight excluding hydrogens is 903 g/mol. The van der Waals surface area contributed by atoms with Crippen LogP contribution in [0.5, 0.6) is 11.5 Å². The Morgan fingerprint density at radius 2 is 0.959 bits per heavy atom. The molecule has 0 saturated heterocycles. The quantitative estimate of drug-likeness (QED) is 0.0435. The number of rotatable bonds is 14. The summed E-state index contributed by atoms with van der Waals surface area (Å²) in [6.45, 7) is 11.0. The Morgan fingerprint density at radius 1 is 0.507 bits per heavy atom. The van der Waals surface area contributed by atoms with E-state index in [9.17, 15) is 20.1 Å². The first-order valence-corrected chi connectivity index (χ1v) is 25.2. The molecule has 73 heavy (non-hydrogen) atoms. The normalized spacial score (nSPS) is 14.8. The van der Waals surface area contributed by atoms with Gasteiger partial charge in [-0.15, -0.1) is 0 Å². The van der Waals surface area contributed by atoms with E-state index < -0.39 is 5.78 Å². The molecule has 0 aromatic heterocycles. The summed E-state index contributed by atoms with van der Waals surface area (Å²) >= 11 is 0. The maximum Gasteiger partial charge on any atom is 0.215 e. The number of quaternary nitrogens is 1. The van der Waals surface area contributed by atoms with E-state index in [4.69, 9.17) is 4.74 Å². The lowest BCUT2D eigenvalue weighted by Crippen LogP contribution is -2.48. The average molecular weight is 960 g/mol. The van der Waals surface area contributed by atoms with Crippen molar-refractivity contribution < 1.29 is 29.3 Å². The van der Waals surface area contributed by atoms with Crippen LogP contribution in [0.3, 0.4) is 0 Å². The molecule has 360 valence electrons. The number of aliphatic hydroxyl groups excluding tert-OH is 1. The molecule has 8 heteroatoms. The lowest BCUT2D eigenvalue weighted by atomic mass is 9.79. The fourth-order valence-corrected chi connectivity index (χ4v) is 10.7. The van der Waals surface area contributed by atoms with Gasteiger partial charge in [-0.25, -0.2) is 0 Å². The highest BCUT2D eigenvalue weighted by Crippen LogP contribution is 2.49. The Hall–Kier alpha value is -8.72. The zero-order valence-electron chi connectivity index (χ0n) is 41.3. The number of nitrogens with zero attached hydrogens (tertiary/aromatic N) is 3. The molecule has 0 aliphatic heterocycles. The molecule has 2 aliphatic rings. The third kappa shape index (κ3) is 8.70. The topological polar surface area (TPSA) is 93.2 Å². The Labute approximate surface area is 425 Å². The number of hydrogen-bond donors (Lipinski definition) is 3. The number of ether oxygens (including phenoxy) is 1. The SMILES string of the molecule is CC[N+](CC)(CC)CCCOC1=CC(=[N+](c2ccc3ccccc3c2)c2ccc3ccccc3c2)C=C/C1=C1\C(=O)C(c2c(O)cc(N(c3ccc4ccccc4c3)c3ccc4ccccc4c3)cc2O)=C1O. The van der Waals surface area contributed by atoms with E-state index in [-0.39, 0.29) is 34.0 Å². The number of carbonyl (C=O) groups is 1. The van der Waals surface area contributed by atoms with Crippen molar-refractivity contribution in [1.82, 2.24) is 4.58 Å². The van der Waals surface area contributed by atoms with Crippen LogP contribution in [0, 0.1) is 0 Å². The first-order chi connectivity index (χ1) is 35.7. The minimum Gasteiger partial charge on any atom is -0.507 e. The lowest BCUT2D eigenvalue weighted by molar-refractivity contribution is -0.923. The van der Waals surface area contributed by atoms with Crippen LogP contribution in [0.2, 0.25) is 0 Å². The summed E-state index contributed by atoms with van der Waals surface area (Å²) in [7, 11) is 0. The van der Waals surface area contributed by atoms with Crippen LogP contribution in [-0.4, -0.2) is 64.1 Å². The molecule has 0 atom stereocenters. The van der Waals surface area contributed by atoms with Crippen molar-refractivity contribution in [3.63, 3.8) is 0 Å². The van der Waals surface area contributed by atoms with Gasteiger partial charge in [0, 0.05) is 65.8 Å². The predicted octanol–water partition coefficient (Wildman–Crippen LogP) is 15.0. The van der Waals surface area contributed by atoms with Gasteiger partial charge in [0.25, 0.3) is 0 Å². The van der Waals surface area contributed by atoms with Gasteiger partial charge in [-0.2, -0.15) is 4.58 Å². The summed E-state index contributed by atoms with van der Waals surface area (Å²) in [5, 5.41) is 44.6. The van der Waals surface area contributed by atoms with E-state index >= 15 is 0 Å². The first kappa shape index (κ1) is 46.7. The summed E-state index contributed by atoms with van der Waals surface area (Å²) < 4.78 is 9.89. The number of carbonyl (C=O) groups excluding carboxylic acids is 1. The Balaban J connectivity index is 1.02. The van der Waals surface area contributed by atoms with Crippen molar-refractivity contribution in [2.24, 2.45) is 0 Å². The predicted molar refractivity (Wildman–Crippen MR) is 300 cm³/mol. The maximum atomic E-state index is 14.7. The largest absolute Gasteiger partial charge is 0.507 e. The molecule has 0 radical (unpaired) electrons. The number of aromatic hydroxyl groups is 2. The van der Waals surface area contributed by atoms with Gasteiger partial charge in [-0.3, -0.25) is 4.79 Å². The molecule has 0 saturated carbocycles. The van der Waals surface area contributed by atoms with Crippen LogP contribution < -0.4 is 9.48 Å². The van der Waals surface area contributed by atoms with Crippen molar-refractivity contribution in [2.45, 2.75) is 27.2 Å². The van der Waals surface area contributed by atoms with Gasteiger partial charge in [-0.05, 0) is 106 Å². The van der Waals surface area contributed by atoms with Gasteiger partial charge < -0.3 is 29.4 Å². The number of benzene rings is 9. The summed E-state index contributed by atoms with van der Waals surface area (Å²) in [4.78, 5) is 16.6. The smallest absolute Gasteiger partial charge is 0.215 e. The number of phenols is 2. The number of Topliss-reactive ketones (excluding diaryl/α,β-unsaturated/α-hetero) is 1. The van der Waals surface area contributed by atoms with Gasteiger partial charge in [0.05, 0.1) is 61.3 Å². The Bertz CT molecular complexity index is 3640. The van der Waals surface area contributed by atoms with E-state index in [0.29, 0.717) is 23.6 Å². The molecule has 0 spiro atoms. The molecule has 9 aromatic rings. The standard InChI is InChI=1S/C65H55N3O5/c1-4-68(5-2,6-3)34-15-35-73-60-42-55(66(51-28-24-43-16-7-11-20-47(43)36-51)52-29-25-44-17-8-12-21-48(44)37-52)32-33-57(60)61-64(71)63(65(61)72)62-58(69)40-56(41-59(62)70)67(53-30-26-45-18-9-13-22-49(45)38-53)54-31-27-46-19-10-14-23-50(46)39-54/h7-14,16-33,36-42H,4-6,15,34-35H2,1-3H3,(H-,69,70,71,72)/p+2. The zero-order chi connectivity index (χ0) is 50.2. The monoisotopic (exact) mass is 959 g/mol. The van der Waals surface area contributed by atoms with Crippen LogP contribution in [0.15, 0.2) is 223 Å².